The van der Waals surface area contributed by atoms with Gasteiger partial charge in [0.15, 0.2) is 11.4 Å². The van der Waals surface area contributed by atoms with Crippen LogP contribution in [-0.4, -0.2) is 124 Å². The SMILES string of the molecule is COC(=O)C1=C(C(=O)OC)C2N(CCOCCN3c4ccccc4[C@]45CCC(=O)N(Cc6ccccc6)C4=NC(C(=O)OC)=C(C(=O)OC)C35)c3ccccc3[C@@]23CCC(=O)N(Cc2ccccc2)C3=N1. The highest BCUT2D eigenvalue weighted by molar-refractivity contribution is 6.17. The summed E-state index contributed by atoms with van der Waals surface area (Å²) >= 11 is 0. The molecular weight excluding hydrogens is 909 g/mol. The molecule has 0 aromatic heterocycles. The average molecular weight is 961 g/mol. The number of benzene rings is 4. The molecule has 4 atom stereocenters. The third-order valence-electron chi connectivity index (χ3n) is 14.7. The lowest BCUT2D eigenvalue weighted by atomic mass is 9.65. The number of esters is 4. The maximum Gasteiger partial charge on any atom is 0.357 e. The Morgan fingerprint density at radius 1 is 0.521 bits per heavy atom. The Labute approximate surface area is 410 Å². The second-order valence-electron chi connectivity index (χ2n) is 18.1. The number of ether oxygens (including phenoxy) is 5. The van der Waals surface area contributed by atoms with Gasteiger partial charge >= 0.3 is 23.9 Å². The predicted molar refractivity (Wildman–Crippen MR) is 259 cm³/mol. The largest absolute Gasteiger partial charge is 0.466 e. The molecule has 4 aromatic rings. The van der Waals surface area contributed by atoms with Crippen LogP contribution in [0.1, 0.15) is 47.9 Å². The summed E-state index contributed by atoms with van der Waals surface area (Å²) in [5.41, 5.74) is 2.36. The summed E-state index contributed by atoms with van der Waals surface area (Å²) in [6.07, 6.45) is 0.885. The van der Waals surface area contributed by atoms with Gasteiger partial charge in [-0.3, -0.25) is 19.4 Å². The van der Waals surface area contributed by atoms with Gasteiger partial charge in [0, 0.05) is 37.3 Å². The van der Waals surface area contributed by atoms with Gasteiger partial charge in [0.05, 0.1) is 88.8 Å². The molecule has 6 heterocycles. The van der Waals surface area contributed by atoms with Gasteiger partial charge in [-0.25, -0.2) is 29.2 Å². The van der Waals surface area contributed by atoms with Gasteiger partial charge in [0.1, 0.15) is 11.7 Å². The first-order chi connectivity index (χ1) is 34.5. The average Bonchev–Trinajstić information content (AvgIpc) is 3.85. The van der Waals surface area contributed by atoms with Crippen molar-refractivity contribution in [2.24, 2.45) is 9.98 Å². The van der Waals surface area contributed by atoms with E-state index in [1.54, 1.807) is 9.80 Å². The van der Waals surface area contributed by atoms with Crippen molar-refractivity contribution >= 4 is 58.7 Å². The monoisotopic (exact) mass is 960 g/mol. The number of carbonyl (C=O) groups is 6. The van der Waals surface area contributed by atoms with Gasteiger partial charge in [0.2, 0.25) is 11.8 Å². The number of anilines is 2. The quantitative estimate of drug-likeness (QED) is 0.0943. The van der Waals surface area contributed by atoms with Crippen LogP contribution in [-0.2, 0) is 76.4 Å². The summed E-state index contributed by atoms with van der Waals surface area (Å²) in [6, 6.07) is 32.8. The van der Waals surface area contributed by atoms with Crippen molar-refractivity contribution in [1.82, 2.24) is 9.80 Å². The van der Waals surface area contributed by atoms with E-state index in [0.717, 1.165) is 33.6 Å². The Morgan fingerprint density at radius 3 is 1.27 bits per heavy atom. The maximum atomic E-state index is 14.1. The Kier molecular flexibility index (Phi) is 12.4. The van der Waals surface area contributed by atoms with Gasteiger partial charge in [-0.15, -0.1) is 0 Å². The molecule has 0 N–H and O–H groups in total. The number of hydrogen-bond acceptors (Lipinski definition) is 15. The van der Waals surface area contributed by atoms with Crippen LogP contribution >= 0.6 is 0 Å². The summed E-state index contributed by atoms with van der Waals surface area (Å²) in [4.78, 5) is 101. The third kappa shape index (κ3) is 7.39. The number of aliphatic imine (C=N–C) groups is 2. The molecule has 17 nitrogen and oxygen atoms in total. The van der Waals surface area contributed by atoms with Crippen LogP contribution in [0.25, 0.3) is 0 Å². The van der Waals surface area contributed by atoms with Gasteiger partial charge in [-0.2, -0.15) is 0 Å². The molecule has 2 unspecified atom stereocenters. The fourth-order valence-corrected chi connectivity index (χ4v) is 11.8. The number of para-hydroxylation sites is 2. The first-order valence-electron chi connectivity index (χ1n) is 23.5. The minimum atomic E-state index is -1.06. The molecule has 364 valence electrons. The summed E-state index contributed by atoms with van der Waals surface area (Å²) in [5, 5.41) is 0. The molecule has 71 heavy (non-hydrogen) atoms. The third-order valence-corrected chi connectivity index (χ3v) is 14.7. The van der Waals surface area contributed by atoms with Gasteiger partial charge in [0.25, 0.3) is 0 Å². The van der Waals surface area contributed by atoms with E-state index in [-0.39, 0.29) is 86.6 Å². The number of methoxy groups -OCH3 is 4. The number of fused-ring (bicyclic) bond motifs is 2. The zero-order chi connectivity index (χ0) is 49.6. The Morgan fingerprint density at radius 2 is 0.887 bits per heavy atom. The van der Waals surface area contributed by atoms with Gasteiger partial charge in [-0.1, -0.05) is 97.1 Å². The zero-order valence-electron chi connectivity index (χ0n) is 39.8. The molecule has 0 saturated carbocycles. The van der Waals surface area contributed by atoms with E-state index in [1.807, 2.05) is 119 Å². The first kappa shape index (κ1) is 46.8. The normalized spacial score (nSPS) is 22.9. The molecule has 0 bridgehead atoms. The summed E-state index contributed by atoms with van der Waals surface area (Å²) in [6.45, 7) is 1.04. The molecule has 6 aliphatic heterocycles. The maximum absolute atomic E-state index is 14.1. The van der Waals surface area contributed by atoms with Crippen molar-refractivity contribution in [2.45, 2.75) is 61.7 Å². The van der Waals surface area contributed by atoms with E-state index < -0.39 is 46.8 Å². The molecule has 2 saturated heterocycles. The van der Waals surface area contributed by atoms with E-state index in [1.165, 1.54) is 28.4 Å². The Hall–Kier alpha value is -7.92. The lowest BCUT2D eigenvalue weighted by Crippen LogP contribution is -2.63. The number of piperidine rings is 2. The topological polar surface area (TPSA) is 186 Å². The molecule has 4 aromatic carbocycles. The molecule has 10 rings (SSSR count). The first-order valence-corrected chi connectivity index (χ1v) is 23.5. The molecule has 2 fully saturated rings. The van der Waals surface area contributed by atoms with Gasteiger partial charge in [-0.05, 0) is 47.2 Å². The molecule has 0 radical (unpaired) electrons. The number of amidine groups is 2. The van der Waals surface area contributed by atoms with Crippen molar-refractivity contribution in [3.63, 3.8) is 0 Å². The molecule has 6 aliphatic rings. The number of hydrogen-bond donors (Lipinski definition) is 0. The van der Waals surface area contributed by atoms with Crippen LogP contribution in [0.15, 0.2) is 142 Å². The second-order valence-corrected chi connectivity index (χ2v) is 18.1. The van der Waals surface area contributed by atoms with Crippen LogP contribution in [0.2, 0.25) is 0 Å². The predicted octanol–water partition coefficient (Wildman–Crippen LogP) is 4.93. The molecule has 0 aliphatic carbocycles. The van der Waals surface area contributed by atoms with Crippen LogP contribution in [0.3, 0.4) is 0 Å². The highest BCUT2D eigenvalue weighted by Crippen LogP contribution is 2.58. The van der Waals surface area contributed by atoms with Gasteiger partial charge < -0.3 is 33.5 Å². The zero-order valence-corrected chi connectivity index (χ0v) is 39.8. The minimum absolute atomic E-state index is 0.0119. The van der Waals surface area contributed by atoms with Crippen molar-refractivity contribution in [1.29, 1.82) is 0 Å². The van der Waals surface area contributed by atoms with E-state index in [0.29, 0.717) is 24.5 Å². The number of likely N-dealkylation sites (tertiary alicyclic amines) is 2. The van der Waals surface area contributed by atoms with Crippen molar-refractivity contribution in [2.75, 3.05) is 64.5 Å². The van der Waals surface area contributed by atoms with Crippen molar-refractivity contribution in [3.05, 3.63) is 154 Å². The standard InChI is InChI=1S/C54H52N6O11/c1-67-47(63)41-43(49(65)69-3)55-51-53(25-23-39(61)59(51)31-33-15-7-5-8-16-33)35-19-11-13-21-37(35)57(45(41)53)27-29-71-30-28-58-38-22-14-12-20-36(38)54-26-24-40(62)60(32-34-17-9-6-10-18-34)52(54)56-44(50(66)70-4)42(46(54)58)48(64)68-2/h5-22,45-46H,23-32H2,1-4H3/t45?,46?,53-,54-/m0/s1. The fourth-order valence-electron chi connectivity index (χ4n) is 11.8. The van der Waals surface area contributed by atoms with Crippen LogP contribution < -0.4 is 9.80 Å². The fraction of sp³-hybridized carbons (Fsp3) is 0.333. The van der Waals surface area contributed by atoms with E-state index in [4.69, 9.17) is 33.7 Å². The van der Waals surface area contributed by atoms with Crippen LogP contribution in [0, 0.1) is 0 Å². The van der Waals surface area contributed by atoms with E-state index >= 15 is 0 Å². The molecule has 17 heteroatoms. The van der Waals surface area contributed by atoms with Crippen LogP contribution in [0.4, 0.5) is 11.4 Å². The molecule has 2 spiro atoms. The Bertz CT molecular complexity index is 2790. The smallest absolute Gasteiger partial charge is 0.357 e. The number of carbonyl (C=O) groups excluding carboxylic acids is 6. The molecule has 2 amide bonds. The number of amides is 2. The van der Waals surface area contributed by atoms with Crippen molar-refractivity contribution < 1.29 is 52.5 Å². The van der Waals surface area contributed by atoms with E-state index in [2.05, 4.69) is 0 Å². The highest BCUT2D eigenvalue weighted by atomic mass is 16.5. The number of nitrogens with zero attached hydrogens (tertiary/aromatic N) is 6. The van der Waals surface area contributed by atoms with E-state index in [9.17, 15) is 28.8 Å². The summed E-state index contributed by atoms with van der Waals surface area (Å²) in [7, 11) is 4.93. The summed E-state index contributed by atoms with van der Waals surface area (Å²) in [5.74, 6) is -2.87. The second kappa shape index (κ2) is 18.8. The summed E-state index contributed by atoms with van der Waals surface area (Å²) < 4.78 is 27.8. The minimum Gasteiger partial charge on any atom is -0.466 e. The molecular formula is C54H52N6O11. The lowest BCUT2D eigenvalue weighted by Gasteiger charge is -2.49. The van der Waals surface area contributed by atoms with Crippen LogP contribution in [0.5, 0.6) is 0 Å². The lowest BCUT2D eigenvalue weighted by molar-refractivity contribution is -0.140. The van der Waals surface area contributed by atoms with Crippen molar-refractivity contribution in [3.8, 4) is 0 Å². The number of rotatable bonds is 14. The Balaban J connectivity index is 0.992. The highest BCUT2D eigenvalue weighted by Gasteiger charge is 2.65.